The quantitative estimate of drug-likeness (QED) is 0.603. The molecule has 8 nitrogen and oxygen atoms in total. The van der Waals surface area contributed by atoms with Crippen LogP contribution in [0.1, 0.15) is 41.5 Å². The topological polar surface area (TPSA) is 132 Å². The smallest absolute Gasteiger partial charge is 0.223 e. The molecule has 2 rings (SSSR count). The van der Waals surface area contributed by atoms with Crippen LogP contribution in [0.25, 0.3) is 0 Å². The summed E-state index contributed by atoms with van der Waals surface area (Å²) in [5, 5.41) is -0.187. The van der Waals surface area contributed by atoms with Gasteiger partial charge >= 0.3 is 0 Å². The molecule has 1 aromatic carbocycles. The number of rotatable bonds is 9. The molecule has 4 N–H and O–H groups in total. The molecule has 0 aliphatic carbocycles. The standard InChI is InChI=1S/C20H23N5O3S/c1-13(25(12-26)11-16-10-23-14(2)24-19(16)22)17(8-9-18(21)27)29-20(28)15-6-4-3-5-7-15/h3-7,10,12H,8-9,11H2,1-2H3,(H2,21,27)(H2,22,23,24)/b17-13-. The van der Waals surface area contributed by atoms with Crippen LogP contribution in [0.2, 0.25) is 0 Å². The molecule has 9 heteroatoms. The minimum atomic E-state index is -0.489. The summed E-state index contributed by atoms with van der Waals surface area (Å²) in [6.07, 6.45) is 2.51. The Hall–Kier alpha value is -3.20. The normalized spacial score (nSPS) is 11.5. The molecule has 0 unspecified atom stereocenters. The van der Waals surface area contributed by atoms with Crippen molar-refractivity contribution >= 4 is 35.0 Å². The van der Waals surface area contributed by atoms with Crippen molar-refractivity contribution in [3.63, 3.8) is 0 Å². The summed E-state index contributed by atoms with van der Waals surface area (Å²) in [6, 6.07) is 8.77. The molecule has 2 aromatic rings. The van der Waals surface area contributed by atoms with Crippen LogP contribution in [0.5, 0.6) is 0 Å². The zero-order valence-electron chi connectivity index (χ0n) is 16.3. The number of aryl methyl sites for hydroxylation is 1. The van der Waals surface area contributed by atoms with Gasteiger partial charge in [-0.05, 0) is 32.0 Å². The van der Waals surface area contributed by atoms with Crippen LogP contribution in [-0.2, 0) is 16.1 Å². The number of nitrogens with two attached hydrogens (primary N) is 2. The molecule has 0 bridgehead atoms. The van der Waals surface area contributed by atoms with E-state index >= 15 is 0 Å². The van der Waals surface area contributed by atoms with Crippen LogP contribution < -0.4 is 11.5 Å². The number of carbonyl (C=O) groups excluding carboxylic acids is 3. The van der Waals surface area contributed by atoms with Crippen LogP contribution >= 0.6 is 11.8 Å². The molecule has 0 saturated heterocycles. The largest absolute Gasteiger partial charge is 0.383 e. The lowest BCUT2D eigenvalue weighted by molar-refractivity contribution is -0.118. The molecule has 1 aromatic heterocycles. The SMILES string of the molecule is C/C(=C(\CCC(N)=O)SC(=O)c1ccccc1)N(C=O)Cc1cnc(C)nc1N. The van der Waals surface area contributed by atoms with E-state index in [-0.39, 0.29) is 30.3 Å². The Morgan fingerprint density at radius 2 is 1.90 bits per heavy atom. The van der Waals surface area contributed by atoms with Crippen molar-refractivity contribution in [2.75, 3.05) is 5.73 Å². The molecule has 0 atom stereocenters. The van der Waals surface area contributed by atoms with Crippen molar-refractivity contribution in [1.29, 1.82) is 0 Å². The van der Waals surface area contributed by atoms with Crippen molar-refractivity contribution in [2.24, 2.45) is 5.73 Å². The lowest BCUT2D eigenvalue weighted by Gasteiger charge is -2.22. The van der Waals surface area contributed by atoms with E-state index in [1.54, 1.807) is 44.3 Å². The maximum absolute atomic E-state index is 12.6. The van der Waals surface area contributed by atoms with Gasteiger partial charge in [-0.1, -0.05) is 30.3 Å². The van der Waals surface area contributed by atoms with Crippen molar-refractivity contribution < 1.29 is 14.4 Å². The van der Waals surface area contributed by atoms with Gasteiger partial charge in [0.15, 0.2) is 0 Å². The average molecular weight is 414 g/mol. The summed E-state index contributed by atoms with van der Waals surface area (Å²) >= 11 is 0.979. The molecule has 0 aliphatic rings. The molecule has 0 aliphatic heterocycles. The van der Waals surface area contributed by atoms with Gasteiger partial charge in [0.1, 0.15) is 11.6 Å². The van der Waals surface area contributed by atoms with Gasteiger partial charge in [0.2, 0.25) is 17.4 Å². The Labute approximate surface area is 173 Å². The highest BCUT2D eigenvalue weighted by Crippen LogP contribution is 2.30. The van der Waals surface area contributed by atoms with E-state index in [0.717, 1.165) is 11.8 Å². The highest BCUT2D eigenvalue weighted by atomic mass is 32.2. The molecule has 0 spiro atoms. The van der Waals surface area contributed by atoms with Gasteiger partial charge in [0.05, 0.1) is 6.54 Å². The fraction of sp³-hybridized carbons (Fsp3) is 0.250. The molecule has 152 valence electrons. The number of thioether (sulfide) groups is 1. The third-order valence-electron chi connectivity index (χ3n) is 4.14. The molecular weight excluding hydrogens is 390 g/mol. The van der Waals surface area contributed by atoms with E-state index in [1.807, 2.05) is 6.07 Å². The third kappa shape index (κ3) is 6.42. The van der Waals surface area contributed by atoms with E-state index in [2.05, 4.69) is 9.97 Å². The van der Waals surface area contributed by atoms with E-state index < -0.39 is 5.91 Å². The summed E-state index contributed by atoms with van der Waals surface area (Å²) in [4.78, 5) is 45.9. The number of hydrogen-bond acceptors (Lipinski definition) is 7. The van der Waals surface area contributed by atoms with E-state index in [0.29, 0.717) is 34.0 Å². The van der Waals surface area contributed by atoms with Crippen LogP contribution in [-0.4, -0.2) is 32.3 Å². The first-order chi connectivity index (χ1) is 13.8. The molecule has 0 radical (unpaired) electrons. The van der Waals surface area contributed by atoms with Crippen molar-refractivity contribution in [1.82, 2.24) is 14.9 Å². The second kappa shape index (κ2) is 10.4. The Bertz CT molecular complexity index is 931. The first-order valence-corrected chi connectivity index (χ1v) is 9.68. The van der Waals surface area contributed by atoms with Crippen LogP contribution in [0.4, 0.5) is 5.82 Å². The minimum Gasteiger partial charge on any atom is -0.383 e. The second-order valence-corrected chi connectivity index (χ2v) is 7.36. The number of benzene rings is 1. The molecule has 1 heterocycles. The monoisotopic (exact) mass is 413 g/mol. The number of hydrogen-bond donors (Lipinski definition) is 2. The predicted octanol–water partition coefficient (Wildman–Crippen LogP) is 2.40. The number of nitrogen functional groups attached to an aromatic ring is 1. The fourth-order valence-electron chi connectivity index (χ4n) is 2.50. The molecule has 2 amide bonds. The van der Waals surface area contributed by atoms with Gasteiger partial charge in [-0.3, -0.25) is 14.4 Å². The molecule has 0 fully saturated rings. The third-order valence-corrected chi connectivity index (χ3v) is 5.31. The van der Waals surface area contributed by atoms with Gasteiger partial charge < -0.3 is 16.4 Å². The number of aromatic nitrogens is 2. The Kier molecular flexibility index (Phi) is 7.90. The number of carbonyl (C=O) groups is 3. The fourth-order valence-corrected chi connectivity index (χ4v) is 3.45. The predicted molar refractivity (Wildman–Crippen MR) is 112 cm³/mol. The van der Waals surface area contributed by atoms with Gasteiger partial charge in [0.25, 0.3) is 0 Å². The van der Waals surface area contributed by atoms with E-state index in [1.165, 1.54) is 4.90 Å². The van der Waals surface area contributed by atoms with Gasteiger partial charge in [-0.2, -0.15) is 0 Å². The summed E-state index contributed by atoms with van der Waals surface area (Å²) in [7, 11) is 0. The Morgan fingerprint density at radius 1 is 1.21 bits per heavy atom. The first kappa shape index (κ1) is 22.1. The highest BCUT2D eigenvalue weighted by molar-refractivity contribution is 8.17. The molecule has 0 saturated carbocycles. The minimum absolute atomic E-state index is 0.0597. The van der Waals surface area contributed by atoms with Crippen LogP contribution in [0.15, 0.2) is 47.1 Å². The lowest BCUT2D eigenvalue weighted by atomic mass is 10.2. The lowest BCUT2D eigenvalue weighted by Crippen LogP contribution is -2.22. The molecular formula is C20H23N5O3S. The van der Waals surface area contributed by atoms with Crippen molar-refractivity contribution in [2.45, 2.75) is 33.2 Å². The average Bonchev–Trinajstić information content (AvgIpc) is 2.70. The van der Waals surface area contributed by atoms with Crippen molar-refractivity contribution in [3.05, 3.63) is 64.1 Å². The Balaban J connectivity index is 2.31. The first-order valence-electron chi connectivity index (χ1n) is 8.87. The summed E-state index contributed by atoms with van der Waals surface area (Å²) in [5.41, 5.74) is 12.8. The van der Waals surface area contributed by atoms with Crippen LogP contribution in [0, 0.1) is 6.92 Å². The summed E-state index contributed by atoms with van der Waals surface area (Å²) in [5.74, 6) is 0.322. The zero-order chi connectivity index (χ0) is 21.4. The zero-order valence-corrected chi connectivity index (χ0v) is 17.1. The van der Waals surface area contributed by atoms with Gasteiger partial charge in [-0.15, -0.1) is 0 Å². The van der Waals surface area contributed by atoms with E-state index in [4.69, 9.17) is 11.5 Å². The molecule has 29 heavy (non-hydrogen) atoms. The maximum Gasteiger partial charge on any atom is 0.223 e. The number of allylic oxidation sites excluding steroid dienone is 2. The summed E-state index contributed by atoms with van der Waals surface area (Å²) in [6.45, 7) is 3.57. The number of primary amides is 1. The number of anilines is 1. The summed E-state index contributed by atoms with van der Waals surface area (Å²) < 4.78 is 0. The van der Waals surface area contributed by atoms with Crippen molar-refractivity contribution in [3.8, 4) is 0 Å². The van der Waals surface area contributed by atoms with Gasteiger partial charge in [-0.25, -0.2) is 9.97 Å². The van der Waals surface area contributed by atoms with Crippen LogP contribution in [0.3, 0.4) is 0 Å². The van der Waals surface area contributed by atoms with E-state index in [9.17, 15) is 14.4 Å². The number of amides is 2. The number of nitrogens with zero attached hydrogens (tertiary/aromatic N) is 3. The second-order valence-electron chi connectivity index (χ2n) is 6.29. The Morgan fingerprint density at radius 3 is 2.48 bits per heavy atom. The van der Waals surface area contributed by atoms with Gasteiger partial charge in [0, 0.05) is 34.3 Å². The maximum atomic E-state index is 12.6. The highest BCUT2D eigenvalue weighted by Gasteiger charge is 2.18.